The van der Waals surface area contributed by atoms with Crippen molar-refractivity contribution in [2.45, 2.75) is 18.9 Å². The second-order valence-corrected chi connectivity index (χ2v) is 6.62. The average molecular weight is 302 g/mol. The number of hydrogen-bond donors (Lipinski definition) is 0. The molecular weight excluding hydrogens is 282 g/mol. The normalized spacial score (nSPS) is 28.8. The molecule has 1 aromatic carbocycles. The average Bonchev–Trinajstić information content (AvgIpc) is 2.79. The lowest BCUT2D eigenvalue weighted by molar-refractivity contribution is 0.0908. The topological polar surface area (TPSA) is 20.5 Å². The van der Waals surface area contributed by atoms with Crippen molar-refractivity contribution in [1.29, 1.82) is 0 Å². The number of nitrogens with zero attached hydrogens (tertiary/aromatic N) is 3. The predicted molar refractivity (Wildman–Crippen MR) is 88.5 cm³/mol. The van der Waals surface area contributed by atoms with Gasteiger partial charge in [0.15, 0.2) is 0 Å². The third-order valence-corrected chi connectivity index (χ3v) is 5.55. The van der Waals surface area contributed by atoms with Gasteiger partial charge in [0.05, 0.1) is 6.04 Å². The number of piperidine rings is 3. The molecule has 3 saturated heterocycles. The van der Waals surface area contributed by atoms with E-state index in [2.05, 4.69) is 23.1 Å². The lowest BCUT2D eigenvalue weighted by atomic mass is 9.84. The smallest absolute Gasteiger partial charge is 0.118 e. The lowest BCUT2D eigenvalue weighted by Gasteiger charge is -2.43. The van der Waals surface area contributed by atoms with Gasteiger partial charge in [0.2, 0.25) is 0 Å². The number of aromatic nitrogens is 1. The summed E-state index contributed by atoms with van der Waals surface area (Å²) >= 11 is 6.49. The third-order valence-electron chi connectivity index (χ3n) is 5.09. The van der Waals surface area contributed by atoms with E-state index in [1.54, 1.807) is 0 Å². The van der Waals surface area contributed by atoms with Gasteiger partial charge in [-0.05, 0) is 37.9 Å². The fourth-order valence-electron chi connectivity index (χ4n) is 3.79. The Morgan fingerprint density at radius 3 is 2.71 bits per heavy atom. The molecule has 0 saturated carbocycles. The maximum atomic E-state index is 6.49. The van der Waals surface area contributed by atoms with Crippen LogP contribution in [0.4, 0.5) is 0 Å². The van der Waals surface area contributed by atoms with Gasteiger partial charge >= 0.3 is 0 Å². The summed E-state index contributed by atoms with van der Waals surface area (Å²) in [6.07, 6.45) is 4.60. The highest BCUT2D eigenvalue weighted by Gasteiger charge is 2.33. The second-order valence-electron chi connectivity index (χ2n) is 6.26. The first-order chi connectivity index (χ1) is 10.2. The Balaban J connectivity index is 1.68. The molecule has 4 heteroatoms. The van der Waals surface area contributed by atoms with Crippen molar-refractivity contribution in [1.82, 2.24) is 9.47 Å². The van der Waals surface area contributed by atoms with Crippen molar-refractivity contribution in [2.24, 2.45) is 18.0 Å². The summed E-state index contributed by atoms with van der Waals surface area (Å²) in [5.41, 5.74) is 2.23. The van der Waals surface area contributed by atoms with Crippen LogP contribution in [0, 0.1) is 5.92 Å². The number of para-hydroxylation sites is 1. The highest BCUT2D eigenvalue weighted by molar-refractivity contribution is 6.34. The van der Waals surface area contributed by atoms with Gasteiger partial charge in [-0.3, -0.25) is 4.99 Å². The van der Waals surface area contributed by atoms with E-state index < -0.39 is 0 Å². The Bertz CT molecular complexity index is 695. The van der Waals surface area contributed by atoms with Gasteiger partial charge in [-0.15, -0.1) is 0 Å². The summed E-state index contributed by atoms with van der Waals surface area (Å²) in [7, 11) is 2.01. The van der Waals surface area contributed by atoms with E-state index in [9.17, 15) is 0 Å². The first-order valence-electron chi connectivity index (χ1n) is 7.72. The Morgan fingerprint density at radius 2 is 2.00 bits per heavy atom. The molecule has 0 amide bonds. The highest BCUT2D eigenvalue weighted by atomic mass is 35.5. The molecule has 0 aliphatic carbocycles. The number of fused-ring (bicyclic) bond motifs is 4. The molecule has 2 bridgehead atoms. The van der Waals surface area contributed by atoms with E-state index >= 15 is 0 Å². The predicted octanol–water partition coefficient (Wildman–Crippen LogP) is 3.34. The van der Waals surface area contributed by atoms with E-state index in [4.69, 9.17) is 16.6 Å². The van der Waals surface area contributed by atoms with Crippen molar-refractivity contribution in [2.75, 3.05) is 19.6 Å². The minimum Gasteiger partial charge on any atom is -0.334 e. The van der Waals surface area contributed by atoms with Crippen LogP contribution in [0.15, 0.2) is 29.3 Å². The van der Waals surface area contributed by atoms with Crippen LogP contribution in [0.25, 0.3) is 10.9 Å². The lowest BCUT2D eigenvalue weighted by Crippen LogP contribution is -2.49. The van der Waals surface area contributed by atoms with Crippen LogP contribution >= 0.6 is 11.6 Å². The van der Waals surface area contributed by atoms with Gasteiger partial charge in [-0.1, -0.05) is 29.8 Å². The monoisotopic (exact) mass is 301 g/mol. The fraction of sp³-hybridized carbons (Fsp3) is 0.471. The summed E-state index contributed by atoms with van der Waals surface area (Å²) in [6, 6.07) is 8.78. The number of benzene rings is 1. The Kier molecular flexibility index (Phi) is 3.27. The van der Waals surface area contributed by atoms with Crippen LogP contribution in [0.1, 0.15) is 18.4 Å². The first kappa shape index (κ1) is 13.4. The summed E-state index contributed by atoms with van der Waals surface area (Å²) in [5.74, 6) is 0.764. The number of rotatable bonds is 2. The zero-order chi connectivity index (χ0) is 14.4. The Morgan fingerprint density at radius 1 is 1.24 bits per heavy atom. The fourth-order valence-corrected chi connectivity index (χ4v) is 4.03. The van der Waals surface area contributed by atoms with Crippen molar-refractivity contribution in [3.05, 3.63) is 35.0 Å². The minimum absolute atomic E-state index is 0.447. The zero-order valence-corrected chi connectivity index (χ0v) is 13.1. The molecule has 1 aromatic heterocycles. The molecule has 0 spiro atoms. The Labute approximate surface area is 130 Å². The number of aliphatic imine (C=N–C) groups is 1. The van der Waals surface area contributed by atoms with Gasteiger partial charge in [0.1, 0.15) is 5.15 Å². The van der Waals surface area contributed by atoms with Crippen molar-refractivity contribution in [3.8, 4) is 0 Å². The van der Waals surface area contributed by atoms with E-state index in [0.29, 0.717) is 6.04 Å². The maximum Gasteiger partial charge on any atom is 0.118 e. The zero-order valence-electron chi connectivity index (χ0n) is 12.3. The molecule has 21 heavy (non-hydrogen) atoms. The molecule has 3 aliphatic heterocycles. The molecule has 5 rings (SSSR count). The van der Waals surface area contributed by atoms with E-state index in [0.717, 1.165) is 28.7 Å². The molecule has 0 radical (unpaired) electrons. The van der Waals surface area contributed by atoms with Gasteiger partial charge < -0.3 is 9.47 Å². The summed E-state index contributed by atoms with van der Waals surface area (Å²) < 4.78 is 2.04. The molecule has 110 valence electrons. The molecule has 1 atom stereocenters. The van der Waals surface area contributed by atoms with Gasteiger partial charge in [0.25, 0.3) is 0 Å². The van der Waals surface area contributed by atoms with Crippen LogP contribution in [0.3, 0.4) is 0 Å². The van der Waals surface area contributed by atoms with E-state index in [1.807, 2.05) is 23.9 Å². The molecule has 1 unspecified atom stereocenters. The molecule has 0 N–H and O–H groups in total. The Hall–Kier alpha value is -1.32. The standard InChI is InChI=1S/C17H20ClN3/c1-20-16-5-3-2-4-13(16)14(17(20)18)10-19-15-11-21-8-6-12(15)7-9-21/h2-5,10,12,15H,6-9,11H2,1H3. The van der Waals surface area contributed by atoms with E-state index in [-0.39, 0.29) is 0 Å². The van der Waals surface area contributed by atoms with E-state index in [1.165, 1.54) is 31.3 Å². The van der Waals surface area contributed by atoms with Crippen LogP contribution in [-0.2, 0) is 7.05 Å². The van der Waals surface area contributed by atoms with Gasteiger partial charge in [-0.2, -0.15) is 0 Å². The summed E-state index contributed by atoms with van der Waals surface area (Å²) in [6.45, 7) is 3.63. The SMILES string of the molecule is Cn1c(Cl)c(C=NC2CN3CCC2CC3)c2ccccc21. The molecular formula is C17H20ClN3. The van der Waals surface area contributed by atoms with Crippen molar-refractivity contribution >= 4 is 28.7 Å². The van der Waals surface area contributed by atoms with Gasteiger partial charge in [-0.25, -0.2) is 0 Å². The summed E-state index contributed by atoms with van der Waals surface area (Å²) in [5, 5.41) is 1.97. The molecule has 3 aliphatic rings. The van der Waals surface area contributed by atoms with Crippen LogP contribution in [0.5, 0.6) is 0 Å². The number of aryl methyl sites for hydroxylation is 1. The third kappa shape index (κ3) is 2.19. The largest absolute Gasteiger partial charge is 0.334 e. The van der Waals surface area contributed by atoms with Crippen molar-refractivity contribution in [3.63, 3.8) is 0 Å². The van der Waals surface area contributed by atoms with Crippen LogP contribution in [-0.4, -0.2) is 41.4 Å². The number of halogens is 1. The maximum absolute atomic E-state index is 6.49. The molecule has 2 aromatic rings. The molecule has 3 nitrogen and oxygen atoms in total. The van der Waals surface area contributed by atoms with Crippen molar-refractivity contribution < 1.29 is 0 Å². The number of hydrogen-bond acceptors (Lipinski definition) is 2. The molecule has 4 heterocycles. The highest BCUT2D eigenvalue weighted by Crippen LogP contribution is 2.31. The molecule has 3 fully saturated rings. The quantitative estimate of drug-likeness (QED) is 0.779. The first-order valence-corrected chi connectivity index (χ1v) is 8.10. The second kappa shape index (κ2) is 5.15. The van der Waals surface area contributed by atoms with Crippen LogP contribution < -0.4 is 0 Å². The van der Waals surface area contributed by atoms with Gasteiger partial charge in [0, 0.05) is 36.3 Å². The minimum atomic E-state index is 0.447. The summed E-state index contributed by atoms with van der Waals surface area (Å²) in [4.78, 5) is 7.43. The van der Waals surface area contributed by atoms with Crippen LogP contribution in [0.2, 0.25) is 5.15 Å².